The van der Waals surface area contributed by atoms with Crippen LogP contribution in [0.1, 0.15) is 10.4 Å². The van der Waals surface area contributed by atoms with Crippen LogP contribution in [0.2, 0.25) is 0 Å². The van der Waals surface area contributed by atoms with Gasteiger partial charge in [0.25, 0.3) is 5.91 Å². The Morgan fingerprint density at radius 1 is 1.04 bits per heavy atom. The molecule has 1 N–H and O–H groups in total. The number of hydrogen-bond donors (Lipinski definition) is 1. The maximum absolute atomic E-state index is 12.1. The summed E-state index contributed by atoms with van der Waals surface area (Å²) >= 11 is 0. The lowest BCUT2D eigenvalue weighted by Gasteiger charge is -2.12. The zero-order valence-electron chi connectivity index (χ0n) is 15.0. The van der Waals surface area contributed by atoms with Crippen LogP contribution in [-0.4, -0.2) is 47.4 Å². The van der Waals surface area contributed by atoms with E-state index in [-0.39, 0.29) is 28.6 Å². The van der Waals surface area contributed by atoms with Crippen molar-refractivity contribution in [1.82, 2.24) is 0 Å². The Hall–Kier alpha value is -3.07. The summed E-state index contributed by atoms with van der Waals surface area (Å²) in [6.07, 6.45) is 1.08. The molecule has 2 rings (SSSR count). The third-order valence-corrected chi connectivity index (χ3v) is 4.60. The summed E-state index contributed by atoms with van der Waals surface area (Å²) in [6, 6.07) is 10.3. The smallest absolute Gasteiger partial charge is 0.337 e. The number of carbonyl (C=O) groups excluding carboxylic acids is 2. The monoisotopic (exact) mass is 393 g/mol. The van der Waals surface area contributed by atoms with Crippen molar-refractivity contribution < 1.29 is 32.2 Å². The molecule has 0 unspecified atom stereocenters. The average Bonchev–Trinajstić information content (AvgIpc) is 2.65. The number of carbonyl (C=O) groups is 2. The molecule has 27 heavy (non-hydrogen) atoms. The molecule has 0 saturated carbocycles. The Morgan fingerprint density at radius 2 is 1.78 bits per heavy atom. The Balaban J connectivity index is 2.04. The van der Waals surface area contributed by atoms with Crippen LogP contribution in [0.5, 0.6) is 11.5 Å². The highest BCUT2D eigenvalue weighted by Crippen LogP contribution is 2.28. The van der Waals surface area contributed by atoms with Gasteiger partial charge >= 0.3 is 5.97 Å². The standard InChI is InChI=1S/C18H19NO7S/c1-24-16-9-12(18(21)25-2)7-8-15(16)26-11-17(20)19-13-5-4-6-14(10-13)27(3,22)23/h4-10H,11H2,1-3H3,(H,19,20). The fourth-order valence-electron chi connectivity index (χ4n) is 2.18. The summed E-state index contributed by atoms with van der Waals surface area (Å²) < 4.78 is 38.3. The van der Waals surface area contributed by atoms with Crippen molar-refractivity contribution >= 4 is 27.4 Å². The maximum atomic E-state index is 12.1. The van der Waals surface area contributed by atoms with Crippen molar-refractivity contribution in [3.63, 3.8) is 0 Å². The molecule has 0 aliphatic rings. The number of methoxy groups -OCH3 is 2. The first-order chi connectivity index (χ1) is 12.7. The van der Waals surface area contributed by atoms with Gasteiger partial charge in [-0.15, -0.1) is 0 Å². The maximum Gasteiger partial charge on any atom is 0.337 e. The van der Waals surface area contributed by atoms with Gasteiger partial charge in [0.2, 0.25) is 0 Å². The van der Waals surface area contributed by atoms with E-state index < -0.39 is 21.7 Å². The Kier molecular flexibility index (Phi) is 6.40. The summed E-state index contributed by atoms with van der Waals surface area (Å²) in [5.41, 5.74) is 0.614. The van der Waals surface area contributed by atoms with E-state index in [2.05, 4.69) is 10.1 Å². The number of sulfone groups is 1. The Labute approximate surface area is 157 Å². The number of ether oxygens (including phenoxy) is 3. The van der Waals surface area contributed by atoms with Crippen LogP contribution in [0.4, 0.5) is 5.69 Å². The van der Waals surface area contributed by atoms with Gasteiger partial charge in [0.15, 0.2) is 27.9 Å². The van der Waals surface area contributed by atoms with E-state index in [1.807, 2.05) is 0 Å². The largest absolute Gasteiger partial charge is 0.493 e. The second kappa shape index (κ2) is 8.54. The molecule has 0 bridgehead atoms. The fourth-order valence-corrected chi connectivity index (χ4v) is 2.84. The summed E-state index contributed by atoms with van der Waals surface area (Å²) in [6.45, 7) is -0.336. The van der Waals surface area contributed by atoms with Crippen LogP contribution < -0.4 is 14.8 Å². The molecular formula is C18H19NO7S. The number of anilines is 1. The van der Waals surface area contributed by atoms with Crippen molar-refractivity contribution in [3.05, 3.63) is 48.0 Å². The Morgan fingerprint density at radius 3 is 2.41 bits per heavy atom. The van der Waals surface area contributed by atoms with Crippen molar-refractivity contribution in [2.75, 3.05) is 32.4 Å². The van der Waals surface area contributed by atoms with Gasteiger partial charge in [0, 0.05) is 11.9 Å². The van der Waals surface area contributed by atoms with Crippen molar-refractivity contribution in [2.24, 2.45) is 0 Å². The molecule has 8 nitrogen and oxygen atoms in total. The number of esters is 1. The van der Waals surface area contributed by atoms with Gasteiger partial charge in [-0.25, -0.2) is 13.2 Å². The first-order valence-electron chi connectivity index (χ1n) is 7.73. The minimum absolute atomic E-state index is 0.0984. The number of nitrogens with one attached hydrogen (secondary N) is 1. The topological polar surface area (TPSA) is 108 Å². The van der Waals surface area contributed by atoms with Crippen molar-refractivity contribution in [2.45, 2.75) is 4.90 Å². The van der Waals surface area contributed by atoms with E-state index in [1.165, 1.54) is 50.6 Å². The van der Waals surface area contributed by atoms with E-state index in [0.29, 0.717) is 5.69 Å². The molecule has 9 heteroatoms. The number of rotatable bonds is 7. The lowest BCUT2D eigenvalue weighted by atomic mass is 10.2. The number of amides is 1. The summed E-state index contributed by atoms with van der Waals surface area (Å²) in [5, 5.41) is 2.56. The lowest BCUT2D eigenvalue weighted by Crippen LogP contribution is -2.20. The third kappa shape index (κ3) is 5.45. The summed E-state index contributed by atoms with van der Waals surface area (Å²) in [5.74, 6) is -0.474. The normalized spacial score (nSPS) is 10.8. The predicted octanol–water partition coefficient (Wildman–Crippen LogP) is 1.90. The number of hydrogen-bond acceptors (Lipinski definition) is 7. The van der Waals surface area contributed by atoms with Gasteiger partial charge in [0.05, 0.1) is 24.7 Å². The van der Waals surface area contributed by atoms with Gasteiger partial charge in [-0.3, -0.25) is 4.79 Å². The molecule has 2 aromatic carbocycles. The highest BCUT2D eigenvalue weighted by Gasteiger charge is 2.13. The molecule has 0 heterocycles. The van der Waals surface area contributed by atoms with Gasteiger partial charge in [0.1, 0.15) is 0 Å². The minimum Gasteiger partial charge on any atom is -0.493 e. The Bertz CT molecular complexity index is 954. The second-order valence-electron chi connectivity index (χ2n) is 5.49. The zero-order chi connectivity index (χ0) is 20.0. The summed E-state index contributed by atoms with van der Waals surface area (Å²) in [4.78, 5) is 23.7. The van der Waals surface area contributed by atoms with Gasteiger partial charge < -0.3 is 19.5 Å². The van der Waals surface area contributed by atoms with E-state index in [4.69, 9.17) is 9.47 Å². The van der Waals surface area contributed by atoms with Crippen LogP contribution in [0.25, 0.3) is 0 Å². The second-order valence-corrected chi connectivity index (χ2v) is 7.51. The van der Waals surface area contributed by atoms with Crippen LogP contribution in [-0.2, 0) is 19.4 Å². The van der Waals surface area contributed by atoms with E-state index >= 15 is 0 Å². The van der Waals surface area contributed by atoms with Gasteiger partial charge in [-0.1, -0.05) is 6.07 Å². The predicted molar refractivity (Wildman–Crippen MR) is 98.0 cm³/mol. The van der Waals surface area contributed by atoms with Crippen LogP contribution in [0.3, 0.4) is 0 Å². The number of benzene rings is 2. The fraction of sp³-hybridized carbons (Fsp3) is 0.222. The van der Waals surface area contributed by atoms with Crippen LogP contribution in [0, 0.1) is 0 Å². The van der Waals surface area contributed by atoms with E-state index in [0.717, 1.165) is 6.26 Å². The minimum atomic E-state index is -3.38. The molecule has 0 aliphatic carbocycles. The van der Waals surface area contributed by atoms with Gasteiger partial charge in [-0.05, 0) is 36.4 Å². The first kappa shape index (κ1) is 20.2. The highest BCUT2D eigenvalue weighted by atomic mass is 32.2. The SMILES string of the molecule is COC(=O)c1ccc(OCC(=O)Nc2cccc(S(C)(=O)=O)c2)c(OC)c1. The molecule has 0 atom stereocenters. The quantitative estimate of drug-likeness (QED) is 0.716. The molecule has 1 amide bonds. The zero-order valence-corrected chi connectivity index (χ0v) is 15.8. The summed E-state index contributed by atoms with van der Waals surface area (Å²) in [7, 11) is -0.707. The lowest BCUT2D eigenvalue weighted by molar-refractivity contribution is -0.118. The molecule has 0 saturated heterocycles. The van der Waals surface area contributed by atoms with E-state index in [9.17, 15) is 18.0 Å². The molecule has 0 fully saturated rings. The van der Waals surface area contributed by atoms with Crippen LogP contribution >= 0.6 is 0 Å². The molecule has 0 spiro atoms. The third-order valence-electron chi connectivity index (χ3n) is 3.49. The van der Waals surface area contributed by atoms with Crippen molar-refractivity contribution in [3.8, 4) is 11.5 Å². The molecule has 0 aromatic heterocycles. The first-order valence-corrected chi connectivity index (χ1v) is 9.63. The molecular weight excluding hydrogens is 374 g/mol. The highest BCUT2D eigenvalue weighted by molar-refractivity contribution is 7.90. The van der Waals surface area contributed by atoms with Gasteiger partial charge in [-0.2, -0.15) is 0 Å². The van der Waals surface area contributed by atoms with Crippen LogP contribution in [0.15, 0.2) is 47.4 Å². The molecule has 0 radical (unpaired) electrons. The average molecular weight is 393 g/mol. The van der Waals surface area contributed by atoms with Crippen molar-refractivity contribution in [1.29, 1.82) is 0 Å². The molecule has 2 aromatic rings. The van der Waals surface area contributed by atoms with E-state index in [1.54, 1.807) is 6.07 Å². The molecule has 0 aliphatic heterocycles. The molecule has 144 valence electrons.